The van der Waals surface area contributed by atoms with Crippen LogP contribution in [0.2, 0.25) is 5.02 Å². The third kappa shape index (κ3) is 3.56. The van der Waals surface area contributed by atoms with Gasteiger partial charge in [-0.2, -0.15) is 5.10 Å². The molecule has 0 atom stereocenters. The van der Waals surface area contributed by atoms with Crippen molar-refractivity contribution in [3.05, 3.63) is 50.7 Å². The molecule has 1 aromatic carbocycles. The molecule has 19 heavy (non-hydrogen) atoms. The van der Waals surface area contributed by atoms with E-state index >= 15 is 0 Å². The fraction of sp³-hybridized carbons (Fsp3) is 0.0769. The summed E-state index contributed by atoms with van der Waals surface area (Å²) in [4.78, 5) is 13.2. The lowest BCUT2D eigenvalue weighted by atomic mass is 10.2. The van der Waals surface area contributed by atoms with Crippen LogP contribution in [0.15, 0.2) is 35.4 Å². The van der Waals surface area contributed by atoms with Gasteiger partial charge >= 0.3 is 5.97 Å². The van der Waals surface area contributed by atoms with Gasteiger partial charge in [0.2, 0.25) is 0 Å². The van der Waals surface area contributed by atoms with E-state index in [0.29, 0.717) is 5.69 Å². The summed E-state index contributed by atoms with van der Waals surface area (Å²) in [6, 6.07) is 8.62. The number of nitrogens with one attached hydrogen (secondary N) is 1. The van der Waals surface area contributed by atoms with Crippen LogP contribution in [0, 0.1) is 6.92 Å². The standard InChI is InChI=1S/C13H11ClN2O2S/c1-8-2-4-10(19-8)7-15-16-9-3-5-12(14)11(6-9)13(17)18/h2-7,16H,1H3,(H,17,18)/b15-7+. The highest BCUT2D eigenvalue weighted by molar-refractivity contribution is 7.13. The average molecular weight is 295 g/mol. The number of carboxylic acid groups (broad SMARTS) is 1. The molecule has 0 spiro atoms. The Labute approximate surface area is 119 Å². The molecule has 0 bridgehead atoms. The number of rotatable bonds is 4. The van der Waals surface area contributed by atoms with Gasteiger partial charge in [-0.1, -0.05) is 11.6 Å². The van der Waals surface area contributed by atoms with Crippen molar-refractivity contribution in [2.45, 2.75) is 6.92 Å². The van der Waals surface area contributed by atoms with Gasteiger partial charge < -0.3 is 5.11 Å². The number of carbonyl (C=O) groups is 1. The first kappa shape index (κ1) is 13.6. The van der Waals surface area contributed by atoms with Crippen LogP contribution in [0.1, 0.15) is 20.1 Å². The molecule has 0 saturated carbocycles. The molecule has 1 aromatic heterocycles. The zero-order chi connectivity index (χ0) is 13.8. The summed E-state index contributed by atoms with van der Waals surface area (Å²) >= 11 is 7.41. The lowest BCUT2D eigenvalue weighted by molar-refractivity contribution is 0.0697. The van der Waals surface area contributed by atoms with Gasteiger partial charge in [0.05, 0.1) is 22.5 Å². The van der Waals surface area contributed by atoms with E-state index in [1.807, 2.05) is 19.1 Å². The van der Waals surface area contributed by atoms with Crippen LogP contribution in [0.4, 0.5) is 5.69 Å². The van der Waals surface area contributed by atoms with E-state index in [-0.39, 0.29) is 10.6 Å². The Bertz CT molecular complexity index is 637. The van der Waals surface area contributed by atoms with Crippen LogP contribution >= 0.6 is 22.9 Å². The zero-order valence-corrected chi connectivity index (χ0v) is 11.6. The number of anilines is 1. The van der Waals surface area contributed by atoms with Crippen molar-refractivity contribution in [1.82, 2.24) is 0 Å². The number of halogens is 1. The van der Waals surface area contributed by atoms with Crippen molar-refractivity contribution < 1.29 is 9.90 Å². The van der Waals surface area contributed by atoms with Gasteiger partial charge in [0.25, 0.3) is 0 Å². The van der Waals surface area contributed by atoms with Crippen LogP contribution in [0.3, 0.4) is 0 Å². The maximum atomic E-state index is 10.9. The normalized spacial score (nSPS) is 10.8. The first-order valence-electron chi connectivity index (χ1n) is 5.44. The molecule has 2 rings (SSSR count). The molecule has 0 amide bonds. The molecule has 2 N–H and O–H groups in total. The van der Waals surface area contributed by atoms with Crippen LogP contribution in [0.5, 0.6) is 0 Å². The van der Waals surface area contributed by atoms with E-state index in [2.05, 4.69) is 10.5 Å². The molecule has 1 heterocycles. The van der Waals surface area contributed by atoms with Gasteiger partial charge in [-0.25, -0.2) is 4.79 Å². The minimum Gasteiger partial charge on any atom is -0.478 e. The molecule has 0 aliphatic rings. The van der Waals surface area contributed by atoms with E-state index in [9.17, 15) is 4.79 Å². The Morgan fingerprint density at radius 2 is 2.21 bits per heavy atom. The van der Waals surface area contributed by atoms with E-state index in [0.717, 1.165) is 4.88 Å². The minimum absolute atomic E-state index is 0.0498. The second-order valence-corrected chi connectivity index (χ2v) is 5.54. The smallest absolute Gasteiger partial charge is 0.337 e. The van der Waals surface area contributed by atoms with Gasteiger partial charge in [-0.15, -0.1) is 11.3 Å². The molecular weight excluding hydrogens is 284 g/mol. The molecule has 4 nitrogen and oxygen atoms in total. The fourth-order valence-electron chi connectivity index (χ4n) is 1.45. The van der Waals surface area contributed by atoms with E-state index in [1.54, 1.807) is 23.6 Å². The monoisotopic (exact) mass is 294 g/mol. The molecule has 6 heteroatoms. The van der Waals surface area contributed by atoms with Crippen LogP contribution < -0.4 is 5.43 Å². The molecule has 0 aliphatic carbocycles. The molecule has 98 valence electrons. The van der Waals surface area contributed by atoms with Crippen LogP contribution in [0.25, 0.3) is 0 Å². The summed E-state index contributed by atoms with van der Waals surface area (Å²) in [6.45, 7) is 2.02. The maximum absolute atomic E-state index is 10.9. The van der Waals surface area contributed by atoms with Crippen LogP contribution in [-0.2, 0) is 0 Å². The van der Waals surface area contributed by atoms with Gasteiger partial charge in [-0.3, -0.25) is 5.43 Å². The number of carboxylic acids is 1. The van der Waals surface area contributed by atoms with Crippen LogP contribution in [-0.4, -0.2) is 17.3 Å². The molecule has 0 saturated heterocycles. The van der Waals surface area contributed by atoms with Crippen molar-refractivity contribution in [3.8, 4) is 0 Å². The number of benzene rings is 1. The predicted octanol–water partition coefficient (Wildman–Crippen LogP) is 3.85. The highest BCUT2D eigenvalue weighted by atomic mass is 35.5. The average Bonchev–Trinajstić information content (AvgIpc) is 2.77. The van der Waals surface area contributed by atoms with Crippen molar-refractivity contribution in [2.24, 2.45) is 5.10 Å². The van der Waals surface area contributed by atoms with Gasteiger partial charge in [0.15, 0.2) is 0 Å². The number of hydrazone groups is 1. The third-order valence-electron chi connectivity index (χ3n) is 2.34. The number of aromatic carboxylic acids is 1. The first-order valence-corrected chi connectivity index (χ1v) is 6.64. The Balaban J connectivity index is 2.09. The van der Waals surface area contributed by atoms with Gasteiger partial charge in [0, 0.05) is 9.75 Å². The number of hydrogen-bond acceptors (Lipinski definition) is 4. The Hall–Kier alpha value is -1.85. The minimum atomic E-state index is -1.06. The van der Waals surface area contributed by atoms with E-state index in [1.165, 1.54) is 17.0 Å². The predicted molar refractivity (Wildman–Crippen MR) is 78.7 cm³/mol. The number of thiophene rings is 1. The van der Waals surface area contributed by atoms with Crippen molar-refractivity contribution in [1.29, 1.82) is 0 Å². The lowest BCUT2D eigenvalue weighted by Gasteiger charge is -2.03. The molecule has 0 aliphatic heterocycles. The second-order valence-electron chi connectivity index (χ2n) is 3.82. The summed E-state index contributed by atoms with van der Waals surface area (Å²) < 4.78 is 0. The topological polar surface area (TPSA) is 61.7 Å². The largest absolute Gasteiger partial charge is 0.478 e. The SMILES string of the molecule is Cc1ccc(/C=N/Nc2ccc(Cl)c(C(=O)O)c2)s1. The lowest BCUT2D eigenvalue weighted by Crippen LogP contribution is -1.99. The highest BCUT2D eigenvalue weighted by Gasteiger charge is 2.08. The fourth-order valence-corrected chi connectivity index (χ4v) is 2.40. The Morgan fingerprint density at radius 3 is 2.84 bits per heavy atom. The highest BCUT2D eigenvalue weighted by Crippen LogP contribution is 2.20. The van der Waals surface area contributed by atoms with Crippen molar-refractivity contribution in [3.63, 3.8) is 0 Å². The van der Waals surface area contributed by atoms with Gasteiger partial charge in [-0.05, 0) is 37.3 Å². The van der Waals surface area contributed by atoms with Crippen molar-refractivity contribution >= 4 is 40.8 Å². The second kappa shape index (κ2) is 5.86. The summed E-state index contributed by atoms with van der Waals surface area (Å²) in [5.74, 6) is -1.06. The Kier molecular flexibility index (Phi) is 4.19. The first-order chi connectivity index (χ1) is 9.06. The molecule has 2 aromatic rings. The van der Waals surface area contributed by atoms with E-state index in [4.69, 9.17) is 16.7 Å². The maximum Gasteiger partial charge on any atom is 0.337 e. The molecule has 0 unspecified atom stereocenters. The molecule has 0 radical (unpaired) electrons. The number of nitrogens with zero attached hydrogens (tertiary/aromatic N) is 1. The number of hydrogen-bond donors (Lipinski definition) is 2. The quantitative estimate of drug-likeness (QED) is 0.665. The summed E-state index contributed by atoms with van der Waals surface area (Å²) in [7, 11) is 0. The third-order valence-corrected chi connectivity index (χ3v) is 3.61. The molecule has 0 fully saturated rings. The van der Waals surface area contributed by atoms with Gasteiger partial charge in [0.1, 0.15) is 0 Å². The van der Waals surface area contributed by atoms with Crippen molar-refractivity contribution in [2.75, 3.05) is 5.43 Å². The van der Waals surface area contributed by atoms with E-state index < -0.39 is 5.97 Å². The Morgan fingerprint density at radius 1 is 1.42 bits per heavy atom. The number of aryl methyl sites for hydroxylation is 1. The summed E-state index contributed by atoms with van der Waals surface area (Å²) in [5.41, 5.74) is 3.40. The zero-order valence-electron chi connectivity index (χ0n) is 10.1. The summed E-state index contributed by atoms with van der Waals surface area (Å²) in [5, 5.41) is 13.2. The molecular formula is C13H11ClN2O2S. The summed E-state index contributed by atoms with van der Waals surface area (Å²) in [6.07, 6.45) is 1.69.